The lowest BCUT2D eigenvalue weighted by Crippen LogP contribution is -2.39. The first-order valence-corrected chi connectivity index (χ1v) is 7.35. The summed E-state index contributed by atoms with van der Waals surface area (Å²) < 4.78 is 14.5. The van der Waals surface area contributed by atoms with Gasteiger partial charge in [0.25, 0.3) is 5.91 Å². The summed E-state index contributed by atoms with van der Waals surface area (Å²) in [6.45, 7) is 4.87. The lowest BCUT2D eigenvalue weighted by molar-refractivity contribution is -0.141. The van der Waals surface area contributed by atoms with E-state index in [0.29, 0.717) is 20.5 Å². The van der Waals surface area contributed by atoms with E-state index in [1.807, 2.05) is 0 Å². The quantitative estimate of drug-likeness (QED) is 0.911. The molecule has 2 atom stereocenters. The standard InChI is InChI=1S/C15H16FNO3S/c1-7(15(19)20)9(3)17-14(18)13-8(2)12-10(16)5-4-6-11(12)21-13/h4-7,9H,1-3H3,(H,17,18)(H,19,20). The summed E-state index contributed by atoms with van der Waals surface area (Å²) in [5.41, 5.74) is 0.584. The molecule has 2 N–H and O–H groups in total. The number of carboxylic acid groups (broad SMARTS) is 1. The van der Waals surface area contributed by atoms with E-state index in [0.717, 1.165) is 0 Å². The molecule has 1 amide bonds. The van der Waals surface area contributed by atoms with Crippen LogP contribution >= 0.6 is 11.3 Å². The smallest absolute Gasteiger partial charge is 0.308 e. The van der Waals surface area contributed by atoms with Crippen molar-refractivity contribution in [2.24, 2.45) is 5.92 Å². The average Bonchev–Trinajstić information content (AvgIpc) is 2.76. The maximum atomic E-state index is 13.8. The van der Waals surface area contributed by atoms with Crippen molar-refractivity contribution in [3.63, 3.8) is 0 Å². The molecule has 0 saturated heterocycles. The highest BCUT2D eigenvalue weighted by atomic mass is 32.1. The molecule has 6 heteroatoms. The van der Waals surface area contributed by atoms with Gasteiger partial charge in [-0.2, -0.15) is 0 Å². The molecule has 0 radical (unpaired) electrons. The Morgan fingerprint density at radius 1 is 1.33 bits per heavy atom. The highest BCUT2D eigenvalue weighted by Crippen LogP contribution is 2.32. The largest absolute Gasteiger partial charge is 0.481 e. The van der Waals surface area contributed by atoms with E-state index in [9.17, 15) is 14.0 Å². The van der Waals surface area contributed by atoms with Crippen molar-refractivity contribution in [2.75, 3.05) is 0 Å². The topological polar surface area (TPSA) is 66.4 Å². The van der Waals surface area contributed by atoms with Crippen LogP contribution < -0.4 is 5.32 Å². The van der Waals surface area contributed by atoms with Gasteiger partial charge in [0.15, 0.2) is 0 Å². The van der Waals surface area contributed by atoms with Gasteiger partial charge in [0.1, 0.15) is 5.82 Å². The van der Waals surface area contributed by atoms with Crippen molar-refractivity contribution in [3.05, 3.63) is 34.5 Å². The Balaban J connectivity index is 2.30. The zero-order chi connectivity index (χ0) is 15.7. The molecule has 2 rings (SSSR count). The highest BCUT2D eigenvalue weighted by Gasteiger charge is 2.24. The van der Waals surface area contributed by atoms with E-state index in [1.165, 1.54) is 24.3 Å². The van der Waals surface area contributed by atoms with Gasteiger partial charge in [-0.05, 0) is 38.5 Å². The Morgan fingerprint density at radius 2 is 2.00 bits per heavy atom. The van der Waals surface area contributed by atoms with Gasteiger partial charge in [0.05, 0.1) is 10.8 Å². The summed E-state index contributed by atoms with van der Waals surface area (Å²) in [6.07, 6.45) is 0. The molecule has 0 saturated carbocycles. The molecule has 2 aromatic rings. The van der Waals surface area contributed by atoms with Gasteiger partial charge in [0, 0.05) is 16.1 Å². The van der Waals surface area contributed by atoms with Crippen LogP contribution in [0.3, 0.4) is 0 Å². The molecule has 0 aliphatic rings. The summed E-state index contributed by atoms with van der Waals surface area (Å²) in [5.74, 6) is -2.39. The Bertz CT molecular complexity index is 710. The average molecular weight is 309 g/mol. The molecule has 1 aromatic carbocycles. The number of hydrogen-bond donors (Lipinski definition) is 2. The van der Waals surface area contributed by atoms with Crippen molar-refractivity contribution in [3.8, 4) is 0 Å². The third kappa shape index (κ3) is 2.90. The lowest BCUT2D eigenvalue weighted by Gasteiger charge is -2.17. The Morgan fingerprint density at radius 3 is 2.57 bits per heavy atom. The number of carboxylic acids is 1. The molecular formula is C15H16FNO3S. The molecule has 1 heterocycles. The number of amides is 1. The van der Waals surface area contributed by atoms with Crippen molar-refractivity contribution >= 4 is 33.3 Å². The molecule has 0 aliphatic carbocycles. The highest BCUT2D eigenvalue weighted by molar-refractivity contribution is 7.21. The molecule has 1 aromatic heterocycles. The second-order valence-electron chi connectivity index (χ2n) is 5.06. The minimum absolute atomic E-state index is 0.354. The number of rotatable bonds is 4. The molecule has 112 valence electrons. The monoisotopic (exact) mass is 309 g/mol. The summed E-state index contributed by atoms with van der Waals surface area (Å²) in [7, 11) is 0. The van der Waals surface area contributed by atoms with Crippen LogP contribution in [0.5, 0.6) is 0 Å². The van der Waals surface area contributed by atoms with E-state index in [-0.39, 0.29) is 11.7 Å². The molecule has 4 nitrogen and oxygen atoms in total. The second kappa shape index (κ2) is 5.81. The number of carbonyl (C=O) groups excluding carboxylic acids is 1. The first kappa shape index (κ1) is 15.4. The van der Waals surface area contributed by atoms with E-state index in [4.69, 9.17) is 5.11 Å². The molecule has 0 aliphatic heterocycles. The number of carbonyl (C=O) groups is 2. The van der Waals surface area contributed by atoms with E-state index < -0.39 is 17.9 Å². The fourth-order valence-electron chi connectivity index (χ4n) is 2.08. The predicted octanol–water partition coefficient (Wildman–Crippen LogP) is 3.19. The van der Waals surface area contributed by atoms with Gasteiger partial charge in [-0.15, -0.1) is 11.3 Å². The maximum Gasteiger partial charge on any atom is 0.308 e. The van der Waals surface area contributed by atoms with Crippen LogP contribution in [0.2, 0.25) is 0 Å². The number of aliphatic carboxylic acids is 1. The van der Waals surface area contributed by atoms with Crippen LogP contribution in [0.15, 0.2) is 18.2 Å². The minimum atomic E-state index is -0.970. The number of aryl methyl sites for hydroxylation is 1. The Kier molecular flexibility index (Phi) is 4.27. The molecular weight excluding hydrogens is 293 g/mol. The summed E-state index contributed by atoms with van der Waals surface area (Å²) in [4.78, 5) is 23.6. The van der Waals surface area contributed by atoms with Gasteiger partial charge in [0.2, 0.25) is 0 Å². The summed E-state index contributed by atoms with van der Waals surface area (Å²) in [6, 6.07) is 4.21. The molecule has 0 bridgehead atoms. The van der Waals surface area contributed by atoms with Crippen LogP contribution in [0.25, 0.3) is 10.1 Å². The van der Waals surface area contributed by atoms with Gasteiger partial charge in [-0.25, -0.2) is 4.39 Å². The van der Waals surface area contributed by atoms with E-state index in [2.05, 4.69) is 5.32 Å². The van der Waals surface area contributed by atoms with Gasteiger partial charge >= 0.3 is 5.97 Å². The summed E-state index contributed by atoms with van der Waals surface area (Å²) in [5, 5.41) is 12.1. The fourth-order valence-corrected chi connectivity index (χ4v) is 3.21. The van der Waals surface area contributed by atoms with Gasteiger partial charge in [-0.1, -0.05) is 6.07 Å². The number of fused-ring (bicyclic) bond motifs is 1. The first-order chi connectivity index (χ1) is 9.82. The van der Waals surface area contributed by atoms with Crippen molar-refractivity contribution in [1.82, 2.24) is 5.32 Å². The second-order valence-corrected chi connectivity index (χ2v) is 6.11. The molecule has 0 fully saturated rings. The Labute approximate surface area is 125 Å². The van der Waals surface area contributed by atoms with Crippen LogP contribution in [-0.2, 0) is 4.79 Å². The van der Waals surface area contributed by atoms with Crippen LogP contribution in [0, 0.1) is 18.7 Å². The number of hydrogen-bond acceptors (Lipinski definition) is 3. The molecule has 0 spiro atoms. The fraction of sp³-hybridized carbons (Fsp3) is 0.333. The number of benzene rings is 1. The van der Waals surface area contributed by atoms with E-state index in [1.54, 1.807) is 26.0 Å². The Hall–Kier alpha value is -1.95. The third-order valence-corrected chi connectivity index (χ3v) is 4.86. The molecule has 2 unspecified atom stereocenters. The van der Waals surface area contributed by atoms with Crippen LogP contribution in [-0.4, -0.2) is 23.0 Å². The zero-order valence-corrected chi connectivity index (χ0v) is 12.8. The normalized spacial score (nSPS) is 13.9. The number of halogens is 1. The predicted molar refractivity (Wildman–Crippen MR) is 80.2 cm³/mol. The SMILES string of the molecule is Cc1c(C(=O)NC(C)C(C)C(=O)O)sc2cccc(F)c12. The number of nitrogens with one attached hydrogen (secondary N) is 1. The van der Waals surface area contributed by atoms with Gasteiger partial charge in [-0.3, -0.25) is 9.59 Å². The lowest BCUT2D eigenvalue weighted by atomic mass is 10.0. The summed E-state index contributed by atoms with van der Waals surface area (Å²) >= 11 is 1.21. The van der Waals surface area contributed by atoms with E-state index >= 15 is 0 Å². The third-order valence-electron chi connectivity index (χ3n) is 3.61. The maximum absolute atomic E-state index is 13.8. The first-order valence-electron chi connectivity index (χ1n) is 6.54. The zero-order valence-electron chi connectivity index (χ0n) is 11.9. The van der Waals surface area contributed by atoms with Gasteiger partial charge < -0.3 is 10.4 Å². The van der Waals surface area contributed by atoms with Crippen LogP contribution in [0.4, 0.5) is 4.39 Å². The van der Waals surface area contributed by atoms with Crippen molar-refractivity contribution in [2.45, 2.75) is 26.8 Å². The van der Waals surface area contributed by atoms with Crippen molar-refractivity contribution in [1.29, 1.82) is 0 Å². The molecule has 21 heavy (non-hydrogen) atoms. The minimum Gasteiger partial charge on any atom is -0.481 e. The van der Waals surface area contributed by atoms with Crippen LogP contribution in [0.1, 0.15) is 29.1 Å². The van der Waals surface area contributed by atoms with Crippen molar-refractivity contribution < 1.29 is 19.1 Å². The number of thiophene rings is 1.